The predicted octanol–water partition coefficient (Wildman–Crippen LogP) is 0.745. The van der Waals surface area contributed by atoms with Crippen molar-refractivity contribution in [3.63, 3.8) is 0 Å². The van der Waals surface area contributed by atoms with Gasteiger partial charge in [-0.05, 0) is 67.4 Å². The Morgan fingerprint density at radius 2 is 1.88 bits per heavy atom. The van der Waals surface area contributed by atoms with E-state index in [1.807, 2.05) is 6.92 Å². The highest BCUT2D eigenvalue weighted by molar-refractivity contribution is 6.30. The molecular formula is C23H27ClN2O8. The number of rotatable bonds is 8. The maximum absolute atomic E-state index is 12.2. The van der Waals surface area contributed by atoms with Crippen molar-refractivity contribution in [3.05, 3.63) is 58.6 Å². The smallest absolute Gasteiger partial charge is 0.280 e. The van der Waals surface area contributed by atoms with Gasteiger partial charge in [0.2, 0.25) is 6.29 Å². The monoisotopic (exact) mass is 494 g/mol. The van der Waals surface area contributed by atoms with Gasteiger partial charge in [-0.15, -0.1) is 0 Å². The number of amides is 1. The van der Waals surface area contributed by atoms with Crippen LogP contribution in [-0.2, 0) is 9.53 Å². The molecule has 5 N–H and O–H groups in total. The Hall–Kier alpha value is -2.73. The van der Waals surface area contributed by atoms with Gasteiger partial charge in [0.15, 0.2) is 6.10 Å². The maximum atomic E-state index is 12.2. The normalized spacial score (nSPS) is 25.7. The number of ether oxygens (including phenoxy) is 3. The molecule has 0 spiro atoms. The van der Waals surface area contributed by atoms with Gasteiger partial charge in [-0.2, -0.15) is 5.10 Å². The Kier molecular flexibility index (Phi) is 8.84. The van der Waals surface area contributed by atoms with E-state index in [-0.39, 0.29) is 0 Å². The van der Waals surface area contributed by atoms with Crippen LogP contribution in [0.4, 0.5) is 0 Å². The summed E-state index contributed by atoms with van der Waals surface area (Å²) in [5.74, 6) is 0.421. The van der Waals surface area contributed by atoms with Crippen LogP contribution in [0.3, 0.4) is 0 Å². The Labute approximate surface area is 201 Å². The van der Waals surface area contributed by atoms with Crippen LogP contribution >= 0.6 is 11.6 Å². The molecule has 0 bridgehead atoms. The van der Waals surface area contributed by atoms with Gasteiger partial charge in [-0.1, -0.05) is 11.6 Å². The average molecular weight is 495 g/mol. The first-order valence-corrected chi connectivity index (χ1v) is 10.9. The van der Waals surface area contributed by atoms with E-state index in [1.54, 1.807) is 49.4 Å². The first-order valence-electron chi connectivity index (χ1n) is 10.5. The van der Waals surface area contributed by atoms with Gasteiger partial charge >= 0.3 is 0 Å². The van der Waals surface area contributed by atoms with Crippen molar-refractivity contribution in [2.24, 2.45) is 5.10 Å². The van der Waals surface area contributed by atoms with E-state index >= 15 is 0 Å². The molecule has 6 atom stereocenters. The Balaban J connectivity index is 1.52. The van der Waals surface area contributed by atoms with E-state index in [9.17, 15) is 25.2 Å². The summed E-state index contributed by atoms with van der Waals surface area (Å²) >= 11 is 5.92. The fourth-order valence-corrected chi connectivity index (χ4v) is 3.41. The molecule has 0 aliphatic carbocycles. The van der Waals surface area contributed by atoms with Gasteiger partial charge in [0, 0.05) is 5.02 Å². The molecule has 2 aromatic carbocycles. The van der Waals surface area contributed by atoms with Crippen LogP contribution in [0.15, 0.2) is 47.6 Å². The van der Waals surface area contributed by atoms with E-state index in [0.29, 0.717) is 22.1 Å². The molecule has 0 saturated carbocycles. The molecular weight excluding hydrogens is 468 g/mol. The zero-order valence-electron chi connectivity index (χ0n) is 18.5. The minimum atomic E-state index is -1.53. The molecule has 1 heterocycles. The van der Waals surface area contributed by atoms with Crippen molar-refractivity contribution in [2.45, 2.75) is 50.7 Å². The minimum Gasteiger partial charge on any atom is -0.481 e. The molecule has 10 nitrogen and oxygen atoms in total. The van der Waals surface area contributed by atoms with Crippen molar-refractivity contribution in [1.29, 1.82) is 0 Å². The molecule has 1 fully saturated rings. The molecule has 2 aromatic rings. The quantitative estimate of drug-likeness (QED) is 0.266. The van der Waals surface area contributed by atoms with E-state index < -0.39 is 49.3 Å². The zero-order valence-corrected chi connectivity index (χ0v) is 19.3. The predicted molar refractivity (Wildman–Crippen MR) is 123 cm³/mol. The molecule has 1 saturated heterocycles. The summed E-state index contributed by atoms with van der Waals surface area (Å²) < 4.78 is 16.5. The zero-order chi connectivity index (χ0) is 24.8. The first kappa shape index (κ1) is 25.9. The standard InChI is InChI=1S/C23H27ClN2O8/c1-12-9-15(24)5-8-17(12)32-13(2)22(31)26-25-10-14-3-6-16(7-4-14)33-23-21(30)20(29)19(28)18(11-27)34-23/h3-10,13,18-21,23,27-30H,11H2,1-2H3,(H,26,31)/t13-,18-,19-,20+,21-,23+/m0/s1. The number of aliphatic hydroxyl groups excluding tert-OH is 4. The van der Waals surface area contributed by atoms with Crippen LogP contribution in [0.1, 0.15) is 18.1 Å². The van der Waals surface area contributed by atoms with Crippen molar-refractivity contribution in [2.75, 3.05) is 6.61 Å². The fourth-order valence-electron chi connectivity index (χ4n) is 3.18. The third kappa shape index (κ3) is 6.44. The number of nitrogens with one attached hydrogen (secondary N) is 1. The summed E-state index contributed by atoms with van der Waals surface area (Å²) in [5.41, 5.74) is 3.86. The number of hydrazone groups is 1. The van der Waals surface area contributed by atoms with Gasteiger partial charge in [0.25, 0.3) is 5.91 Å². The summed E-state index contributed by atoms with van der Waals surface area (Å²) in [5, 5.41) is 43.5. The summed E-state index contributed by atoms with van der Waals surface area (Å²) in [7, 11) is 0. The molecule has 0 unspecified atom stereocenters. The van der Waals surface area contributed by atoms with E-state index in [1.165, 1.54) is 6.21 Å². The van der Waals surface area contributed by atoms with Crippen molar-refractivity contribution < 1.29 is 39.4 Å². The second kappa shape index (κ2) is 11.6. The summed E-state index contributed by atoms with van der Waals surface area (Å²) in [6.45, 7) is 2.88. The molecule has 11 heteroatoms. The number of aliphatic hydroxyl groups is 4. The maximum Gasteiger partial charge on any atom is 0.280 e. The average Bonchev–Trinajstić information content (AvgIpc) is 2.82. The lowest BCUT2D eigenvalue weighted by atomic mass is 9.99. The number of aryl methyl sites for hydroxylation is 1. The highest BCUT2D eigenvalue weighted by Gasteiger charge is 2.44. The van der Waals surface area contributed by atoms with Crippen LogP contribution in [0.5, 0.6) is 11.5 Å². The SMILES string of the molecule is Cc1cc(Cl)ccc1O[C@@H](C)C(=O)NN=Cc1ccc(O[C@@H]2O[C@@H](CO)[C@H](O)[C@@H](O)[C@@H]2O)cc1. The number of halogens is 1. The molecule has 1 aliphatic heterocycles. The molecule has 1 aliphatic rings. The van der Waals surface area contributed by atoms with Crippen LogP contribution in [0, 0.1) is 6.92 Å². The third-order valence-electron chi connectivity index (χ3n) is 5.18. The molecule has 1 amide bonds. The van der Waals surface area contributed by atoms with Gasteiger partial charge in [-0.25, -0.2) is 5.43 Å². The Bertz CT molecular complexity index is 1000. The number of hydrogen-bond donors (Lipinski definition) is 5. The van der Waals surface area contributed by atoms with Crippen LogP contribution in [-0.4, -0.2) is 76.0 Å². The summed E-state index contributed by atoms with van der Waals surface area (Å²) in [4.78, 5) is 12.2. The second-order valence-electron chi connectivity index (χ2n) is 7.79. The van der Waals surface area contributed by atoms with Crippen molar-refractivity contribution in [1.82, 2.24) is 5.43 Å². The molecule has 0 radical (unpaired) electrons. The van der Waals surface area contributed by atoms with Crippen LogP contribution in [0.2, 0.25) is 5.02 Å². The summed E-state index contributed by atoms with van der Waals surface area (Å²) in [6, 6.07) is 11.5. The molecule has 34 heavy (non-hydrogen) atoms. The highest BCUT2D eigenvalue weighted by Crippen LogP contribution is 2.25. The van der Waals surface area contributed by atoms with Gasteiger partial charge in [0.05, 0.1) is 12.8 Å². The topological polar surface area (TPSA) is 150 Å². The second-order valence-corrected chi connectivity index (χ2v) is 8.22. The number of hydrogen-bond acceptors (Lipinski definition) is 9. The van der Waals surface area contributed by atoms with E-state index in [2.05, 4.69) is 10.5 Å². The lowest BCUT2D eigenvalue weighted by molar-refractivity contribution is -0.277. The highest BCUT2D eigenvalue weighted by atomic mass is 35.5. The number of carbonyl (C=O) groups excluding carboxylic acids is 1. The van der Waals surface area contributed by atoms with Gasteiger partial charge in [-0.3, -0.25) is 4.79 Å². The minimum absolute atomic E-state index is 0.311. The Morgan fingerprint density at radius 1 is 1.18 bits per heavy atom. The lowest BCUT2D eigenvalue weighted by Crippen LogP contribution is -2.60. The van der Waals surface area contributed by atoms with Gasteiger partial charge in [0.1, 0.15) is 35.9 Å². The van der Waals surface area contributed by atoms with Crippen LogP contribution in [0.25, 0.3) is 0 Å². The molecule has 3 rings (SSSR count). The number of benzene rings is 2. The third-order valence-corrected chi connectivity index (χ3v) is 5.41. The lowest BCUT2D eigenvalue weighted by Gasteiger charge is -2.39. The fraction of sp³-hybridized carbons (Fsp3) is 0.391. The molecule has 184 valence electrons. The Morgan fingerprint density at radius 3 is 2.53 bits per heavy atom. The first-order chi connectivity index (χ1) is 16.2. The van der Waals surface area contributed by atoms with E-state index in [0.717, 1.165) is 5.56 Å². The van der Waals surface area contributed by atoms with Crippen LogP contribution < -0.4 is 14.9 Å². The van der Waals surface area contributed by atoms with E-state index in [4.69, 9.17) is 25.8 Å². The molecule has 0 aromatic heterocycles. The number of carbonyl (C=O) groups is 1. The van der Waals surface area contributed by atoms with Crippen molar-refractivity contribution >= 4 is 23.7 Å². The summed E-state index contributed by atoms with van der Waals surface area (Å²) in [6.07, 6.45) is -6.19. The van der Waals surface area contributed by atoms with Gasteiger partial charge < -0.3 is 34.6 Å². The van der Waals surface area contributed by atoms with Crippen molar-refractivity contribution in [3.8, 4) is 11.5 Å². The largest absolute Gasteiger partial charge is 0.481 e. The number of nitrogens with zero attached hydrogens (tertiary/aromatic N) is 1.